The van der Waals surface area contributed by atoms with Crippen LogP contribution in [0.15, 0.2) is 34.9 Å². The van der Waals surface area contributed by atoms with E-state index in [2.05, 4.69) is 25.9 Å². The van der Waals surface area contributed by atoms with Crippen LogP contribution in [0.4, 0.5) is 0 Å². The van der Waals surface area contributed by atoms with Gasteiger partial charge in [-0.3, -0.25) is 0 Å². The normalized spacial score (nSPS) is 10.1. The van der Waals surface area contributed by atoms with E-state index in [4.69, 9.17) is 9.47 Å². The lowest BCUT2D eigenvalue weighted by Gasteiger charge is -2.07. The molecule has 0 atom stereocenters. The molecule has 1 aromatic heterocycles. The minimum absolute atomic E-state index is 0.330. The molecule has 0 unspecified atom stereocenters. The molecule has 0 aliphatic carbocycles. The summed E-state index contributed by atoms with van der Waals surface area (Å²) in [5, 5.41) is 0. The van der Waals surface area contributed by atoms with Gasteiger partial charge in [0.05, 0.1) is 11.6 Å². The van der Waals surface area contributed by atoms with Gasteiger partial charge in [-0.15, -0.1) is 0 Å². The fourth-order valence-electron chi connectivity index (χ4n) is 1.26. The van der Waals surface area contributed by atoms with Gasteiger partial charge in [0.2, 0.25) is 0 Å². The Hall–Kier alpha value is -1.62. The lowest BCUT2D eigenvalue weighted by Crippen LogP contribution is -1.93. The molecule has 88 valence electrons. The molecule has 0 radical (unpaired) electrons. The molecule has 2 rings (SSSR count). The lowest BCUT2D eigenvalue weighted by atomic mass is 10.3. The molecular formula is C12H11BrN2O2. The van der Waals surface area contributed by atoms with Gasteiger partial charge >= 0.3 is 6.01 Å². The van der Waals surface area contributed by atoms with E-state index in [1.54, 1.807) is 19.4 Å². The highest BCUT2D eigenvalue weighted by molar-refractivity contribution is 9.10. The minimum Gasteiger partial charge on any atom is -0.497 e. The first kappa shape index (κ1) is 11.9. The predicted molar refractivity (Wildman–Crippen MR) is 67.5 cm³/mol. The smallest absolute Gasteiger partial charge is 0.322 e. The van der Waals surface area contributed by atoms with Crippen LogP contribution in [0.5, 0.6) is 17.5 Å². The number of methoxy groups -OCH3 is 1. The number of nitrogens with zero attached hydrogens (tertiary/aromatic N) is 2. The first-order valence-corrected chi connectivity index (χ1v) is 5.79. The number of aryl methyl sites for hydroxylation is 1. The molecule has 5 heteroatoms. The second-order valence-electron chi connectivity index (χ2n) is 3.38. The van der Waals surface area contributed by atoms with Crippen LogP contribution < -0.4 is 9.47 Å². The summed E-state index contributed by atoms with van der Waals surface area (Å²) in [4.78, 5) is 8.20. The Labute approximate surface area is 108 Å². The Morgan fingerprint density at radius 1 is 1.24 bits per heavy atom. The quantitative estimate of drug-likeness (QED) is 0.871. The highest BCUT2D eigenvalue weighted by atomic mass is 79.9. The topological polar surface area (TPSA) is 44.2 Å². The molecule has 4 nitrogen and oxygen atoms in total. The zero-order chi connectivity index (χ0) is 12.3. The average Bonchev–Trinajstić information content (AvgIpc) is 2.32. The number of hydrogen-bond donors (Lipinski definition) is 0. The Balaban J connectivity index is 2.24. The van der Waals surface area contributed by atoms with Gasteiger partial charge in [-0.05, 0) is 47.1 Å². The van der Waals surface area contributed by atoms with Crippen LogP contribution in [-0.4, -0.2) is 17.1 Å². The summed E-state index contributed by atoms with van der Waals surface area (Å²) in [7, 11) is 1.62. The lowest BCUT2D eigenvalue weighted by molar-refractivity contribution is 0.409. The summed E-state index contributed by atoms with van der Waals surface area (Å²) in [6.07, 6.45) is 1.66. The van der Waals surface area contributed by atoms with Crippen LogP contribution in [0.25, 0.3) is 0 Å². The van der Waals surface area contributed by atoms with Crippen LogP contribution in [0.1, 0.15) is 5.69 Å². The van der Waals surface area contributed by atoms with Crippen molar-refractivity contribution in [1.29, 1.82) is 0 Å². The van der Waals surface area contributed by atoms with E-state index in [9.17, 15) is 0 Å². The van der Waals surface area contributed by atoms with Gasteiger partial charge < -0.3 is 9.47 Å². The highest BCUT2D eigenvalue weighted by Crippen LogP contribution is 2.31. The summed E-state index contributed by atoms with van der Waals surface area (Å²) in [5.41, 5.74) is 0.861. The zero-order valence-corrected chi connectivity index (χ0v) is 11.1. The average molecular weight is 295 g/mol. The zero-order valence-electron chi connectivity index (χ0n) is 9.48. The molecule has 0 saturated carbocycles. The predicted octanol–water partition coefficient (Wildman–Crippen LogP) is 3.35. The van der Waals surface area contributed by atoms with E-state index in [0.717, 1.165) is 15.9 Å². The van der Waals surface area contributed by atoms with Gasteiger partial charge in [-0.1, -0.05) is 0 Å². The molecule has 0 N–H and O–H groups in total. The van der Waals surface area contributed by atoms with E-state index in [1.807, 2.05) is 25.1 Å². The van der Waals surface area contributed by atoms with E-state index >= 15 is 0 Å². The maximum atomic E-state index is 5.56. The van der Waals surface area contributed by atoms with E-state index in [0.29, 0.717) is 11.8 Å². The molecule has 0 fully saturated rings. The molecule has 0 bridgehead atoms. The maximum absolute atomic E-state index is 5.56. The van der Waals surface area contributed by atoms with Crippen molar-refractivity contribution in [2.24, 2.45) is 0 Å². The maximum Gasteiger partial charge on any atom is 0.322 e. The summed E-state index contributed by atoms with van der Waals surface area (Å²) >= 11 is 3.40. The van der Waals surface area contributed by atoms with Crippen LogP contribution >= 0.6 is 15.9 Å². The fourth-order valence-corrected chi connectivity index (χ4v) is 1.70. The van der Waals surface area contributed by atoms with Gasteiger partial charge in [0, 0.05) is 11.9 Å². The number of ether oxygens (including phenoxy) is 2. The molecule has 0 spiro atoms. The third kappa shape index (κ3) is 2.94. The summed E-state index contributed by atoms with van der Waals surface area (Å²) < 4.78 is 11.5. The summed E-state index contributed by atoms with van der Waals surface area (Å²) in [6, 6.07) is 7.59. The third-order valence-corrected chi connectivity index (χ3v) is 2.73. The highest BCUT2D eigenvalue weighted by Gasteiger charge is 2.06. The van der Waals surface area contributed by atoms with E-state index in [-0.39, 0.29) is 0 Å². The van der Waals surface area contributed by atoms with Gasteiger partial charge in [0.1, 0.15) is 11.5 Å². The molecule has 1 heterocycles. The molecule has 1 aromatic carbocycles. The number of aromatic nitrogens is 2. The first-order valence-electron chi connectivity index (χ1n) is 5.00. The van der Waals surface area contributed by atoms with Crippen molar-refractivity contribution in [3.8, 4) is 17.5 Å². The Bertz CT molecular complexity index is 532. The Kier molecular flexibility index (Phi) is 3.58. The van der Waals surface area contributed by atoms with Gasteiger partial charge in [-0.25, -0.2) is 9.97 Å². The Morgan fingerprint density at radius 2 is 2.06 bits per heavy atom. The van der Waals surface area contributed by atoms with E-state index in [1.165, 1.54) is 0 Å². The van der Waals surface area contributed by atoms with Crippen molar-refractivity contribution in [2.75, 3.05) is 7.11 Å². The van der Waals surface area contributed by atoms with Crippen molar-refractivity contribution >= 4 is 15.9 Å². The fraction of sp³-hybridized carbons (Fsp3) is 0.167. The van der Waals surface area contributed by atoms with Crippen molar-refractivity contribution in [2.45, 2.75) is 6.92 Å². The Morgan fingerprint density at radius 3 is 2.71 bits per heavy atom. The van der Waals surface area contributed by atoms with Crippen LogP contribution in [-0.2, 0) is 0 Å². The van der Waals surface area contributed by atoms with Gasteiger partial charge in [0.25, 0.3) is 0 Å². The number of rotatable bonds is 3. The van der Waals surface area contributed by atoms with E-state index < -0.39 is 0 Å². The number of hydrogen-bond acceptors (Lipinski definition) is 4. The monoisotopic (exact) mass is 294 g/mol. The SMILES string of the molecule is COc1ccc(Oc2nccc(C)n2)c(Br)c1. The van der Waals surface area contributed by atoms with Crippen molar-refractivity contribution in [3.63, 3.8) is 0 Å². The summed E-state index contributed by atoms with van der Waals surface area (Å²) in [5.74, 6) is 1.41. The van der Waals surface area contributed by atoms with Crippen molar-refractivity contribution in [1.82, 2.24) is 9.97 Å². The molecule has 0 saturated heterocycles. The number of halogens is 1. The molecule has 0 amide bonds. The van der Waals surface area contributed by atoms with Crippen LogP contribution in [0, 0.1) is 6.92 Å². The van der Waals surface area contributed by atoms with Crippen LogP contribution in [0.2, 0.25) is 0 Å². The summed E-state index contributed by atoms with van der Waals surface area (Å²) in [6.45, 7) is 1.89. The molecule has 2 aromatic rings. The minimum atomic E-state index is 0.330. The second-order valence-corrected chi connectivity index (χ2v) is 4.23. The largest absolute Gasteiger partial charge is 0.497 e. The van der Waals surface area contributed by atoms with Gasteiger partial charge in [0.15, 0.2) is 0 Å². The van der Waals surface area contributed by atoms with Gasteiger partial charge in [-0.2, -0.15) is 0 Å². The molecule has 0 aliphatic rings. The molecular weight excluding hydrogens is 284 g/mol. The standard InChI is InChI=1S/C12H11BrN2O2/c1-8-5-6-14-12(15-8)17-11-4-3-9(16-2)7-10(11)13/h3-7H,1-2H3. The van der Waals surface area contributed by atoms with Crippen molar-refractivity contribution < 1.29 is 9.47 Å². The molecule has 0 aliphatic heterocycles. The first-order chi connectivity index (χ1) is 8.19. The number of benzene rings is 1. The van der Waals surface area contributed by atoms with Crippen molar-refractivity contribution in [3.05, 3.63) is 40.6 Å². The third-order valence-electron chi connectivity index (χ3n) is 2.11. The van der Waals surface area contributed by atoms with Crippen LogP contribution in [0.3, 0.4) is 0 Å². The molecule has 17 heavy (non-hydrogen) atoms. The second kappa shape index (κ2) is 5.14.